The summed E-state index contributed by atoms with van der Waals surface area (Å²) in [6.07, 6.45) is 0.322. The third-order valence-corrected chi connectivity index (χ3v) is 4.76. The van der Waals surface area contributed by atoms with Crippen LogP contribution in [0.5, 0.6) is 0 Å². The van der Waals surface area contributed by atoms with Crippen LogP contribution >= 0.6 is 0 Å². The Morgan fingerprint density at radius 2 is 1.87 bits per heavy atom. The molecule has 0 bridgehead atoms. The molecule has 6 heteroatoms. The monoisotopic (exact) mass is 237 g/mol. The largest absolute Gasteiger partial charge is 0.481 e. The summed E-state index contributed by atoms with van der Waals surface area (Å²) in [5.41, 5.74) is -0.475. The number of nitrogens with zero attached hydrogens (tertiary/aromatic N) is 1. The van der Waals surface area contributed by atoms with E-state index in [1.165, 1.54) is 11.4 Å². The van der Waals surface area contributed by atoms with Gasteiger partial charge in [0.1, 0.15) is 0 Å². The van der Waals surface area contributed by atoms with Crippen LogP contribution in [-0.2, 0) is 14.8 Å². The Kier molecular flexibility index (Phi) is 4.73. The number of sulfonamides is 1. The van der Waals surface area contributed by atoms with Crippen molar-refractivity contribution in [2.24, 2.45) is 0 Å². The molecule has 0 atom stereocenters. The zero-order chi connectivity index (χ0) is 12.3. The Hall–Kier alpha value is -0.620. The van der Waals surface area contributed by atoms with Gasteiger partial charge in [-0.25, -0.2) is 8.42 Å². The minimum absolute atomic E-state index is 0.345. The second-order valence-corrected chi connectivity index (χ2v) is 6.21. The van der Waals surface area contributed by atoms with Crippen molar-refractivity contribution < 1.29 is 18.3 Å². The van der Waals surface area contributed by atoms with E-state index in [4.69, 9.17) is 5.11 Å². The first-order chi connectivity index (χ1) is 6.63. The quantitative estimate of drug-likeness (QED) is 0.745. The molecule has 90 valence electrons. The summed E-state index contributed by atoms with van der Waals surface area (Å²) in [5.74, 6) is -1.44. The van der Waals surface area contributed by atoms with Gasteiger partial charge in [-0.05, 0) is 20.3 Å². The van der Waals surface area contributed by atoms with Gasteiger partial charge in [-0.15, -0.1) is 0 Å². The number of rotatable bonds is 6. The van der Waals surface area contributed by atoms with Gasteiger partial charge in [-0.1, -0.05) is 6.92 Å². The third kappa shape index (κ3) is 4.17. The van der Waals surface area contributed by atoms with Crippen LogP contribution in [0, 0.1) is 0 Å². The zero-order valence-electron chi connectivity index (χ0n) is 9.65. The Morgan fingerprint density at radius 3 is 2.20 bits per heavy atom. The number of aliphatic carboxylic acids is 1. The molecule has 0 spiro atoms. The molecule has 0 aliphatic rings. The van der Waals surface area contributed by atoms with Crippen LogP contribution in [0.3, 0.4) is 0 Å². The summed E-state index contributed by atoms with van der Waals surface area (Å²) >= 11 is 0. The predicted molar refractivity (Wildman–Crippen MR) is 58.2 cm³/mol. The van der Waals surface area contributed by atoms with Crippen LogP contribution in [0.4, 0.5) is 0 Å². The lowest BCUT2D eigenvalue weighted by Gasteiger charge is -2.33. The molecule has 0 aliphatic heterocycles. The molecule has 0 fully saturated rings. The van der Waals surface area contributed by atoms with E-state index < -0.39 is 21.5 Å². The van der Waals surface area contributed by atoms with Crippen LogP contribution < -0.4 is 0 Å². The first-order valence-electron chi connectivity index (χ1n) is 4.82. The fourth-order valence-electron chi connectivity index (χ4n) is 0.952. The number of carboxylic acid groups (broad SMARTS) is 1. The molecule has 5 nitrogen and oxygen atoms in total. The molecular formula is C9H19NO4S. The summed E-state index contributed by atoms with van der Waals surface area (Å²) < 4.78 is 24.7. The average molecular weight is 237 g/mol. The molecule has 0 saturated carbocycles. The number of carboxylic acids is 1. The van der Waals surface area contributed by atoms with Gasteiger partial charge >= 0.3 is 5.97 Å². The molecule has 0 aromatic heterocycles. The van der Waals surface area contributed by atoms with Crippen LogP contribution in [0.15, 0.2) is 0 Å². The van der Waals surface area contributed by atoms with E-state index in [0.717, 1.165) is 0 Å². The zero-order valence-corrected chi connectivity index (χ0v) is 10.5. The molecule has 0 aromatic rings. The van der Waals surface area contributed by atoms with Crippen molar-refractivity contribution in [3.05, 3.63) is 0 Å². The number of hydrogen-bond donors (Lipinski definition) is 1. The lowest BCUT2D eigenvalue weighted by atomic mass is 10.0. The molecule has 0 saturated heterocycles. The standard InChI is InChI=1S/C9H19NO4S/c1-5-9(2,3)10(4)15(13,14)7-6-8(11)12/h5-7H2,1-4H3,(H,11,12). The first-order valence-corrected chi connectivity index (χ1v) is 6.43. The molecule has 1 N–H and O–H groups in total. The van der Waals surface area contributed by atoms with Crippen molar-refractivity contribution >= 4 is 16.0 Å². The third-order valence-electron chi connectivity index (χ3n) is 2.71. The molecule has 0 rings (SSSR count). The van der Waals surface area contributed by atoms with Crippen molar-refractivity contribution in [1.82, 2.24) is 4.31 Å². The van der Waals surface area contributed by atoms with Gasteiger partial charge in [0.05, 0.1) is 12.2 Å². The second-order valence-electron chi connectivity index (χ2n) is 4.09. The van der Waals surface area contributed by atoms with E-state index in [-0.39, 0.29) is 12.2 Å². The Morgan fingerprint density at radius 1 is 1.40 bits per heavy atom. The van der Waals surface area contributed by atoms with Gasteiger partial charge in [0.25, 0.3) is 0 Å². The smallest absolute Gasteiger partial charge is 0.304 e. The van der Waals surface area contributed by atoms with Crippen LogP contribution in [0.25, 0.3) is 0 Å². The molecule has 0 aliphatic carbocycles. The van der Waals surface area contributed by atoms with Crippen LogP contribution in [0.1, 0.15) is 33.6 Å². The van der Waals surface area contributed by atoms with Crippen molar-refractivity contribution in [2.45, 2.75) is 39.2 Å². The van der Waals surface area contributed by atoms with E-state index >= 15 is 0 Å². The molecule has 0 unspecified atom stereocenters. The van der Waals surface area contributed by atoms with Crippen LogP contribution in [-0.4, -0.2) is 42.1 Å². The van der Waals surface area contributed by atoms with Gasteiger partial charge in [0.2, 0.25) is 10.0 Å². The summed E-state index contributed by atoms with van der Waals surface area (Å²) in [7, 11) is -1.99. The highest BCUT2D eigenvalue weighted by atomic mass is 32.2. The van der Waals surface area contributed by atoms with E-state index in [1.807, 2.05) is 20.8 Å². The Balaban J connectivity index is 4.67. The minimum Gasteiger partial charge on any atom is -0.481 e. The van der Waals surface area contributed by atoms with Gasteiger partial charge in [-0.2, -0.15) is 4.31 Å². The summed E-state index contributed by atoms with van der Waals surface area (Å²) in [4.78, 5) is 10.3. The fourth-order valence-corrected chi connectivity index (χ4v) is 2.54. The molecule has 15 heavy (non-hydrogen) atoms. The first kappa shape index (κ1) is 14.4. The second kappa shape index (κ2) is 4.94. The predicted octanol–water partition coefficient (Wildman–Crippen LogP) is 0.911. The van der Waals surface area contributed by atoms with Crippen LogP contribution in [0.2, 0.25) is 0 Å². The highest BCUT2D eigenvalue weighted by Crippen LogP contribution is 2.20. The van der Waals surface area contributed by atoms with Gasteiger partial charge in [0, 0.05) is 12.6 Å². The highest BCUT2D eigenvalue weighted by molar-refractivity contribution is 7.89. The number of carbonyl (C=O) groups is 1. The molecule has 0 amide bonds. The van der Waals surface area contributed by atoms with Crippen molar-refractivity contribution in [3.63, 3.8) is 0 Å². The Labute approximate surface area is 91.1 Å². The maximum atomic E-state index is 11.7. The number of hydrogen-bond acceptors (Lipinski definition) is 3. The Bertz CT molecular complexity index is 321. The maximum absolute atomic E-state index is 11.7. The van der Waals surface area contributed by atoms with Gasteiger partial charge in [0.15, 0.2) is 0 Å². The van der Waals surface area contributed by atoms with E-state index in [2.05, 4.69) is 0 Å². The molecule has 0 radical (unpaired) electrons. The molecule has 0 heterocycles. The average Bonchev–Trinajstić information content (AvgIpc) is 2.13. The topological polar surface area (TPSA) is 74.7 Å². The van der Waals surface area contributed by atoms with E-state index in [1.54, 1.807) is 0 Å². The van der Waals surface area contributed by atoms with E-state index in [9.17, 15) is 13.2 Å². The van der Waals surface area contributed by atoms with Crippen molar-refractivity contribution in [3.8, 4) is 0 Å². The van der Waals surface area contributed by atoms with E-state index in [0.29, 0.717) is 6.42 Å². The SMILES string of the molecule is CCC(C)(C)N(C)S(=O)(=O)CCC(=O)O. The lowest BCUT2D eigenvalue weighted by Crippen LogP contribution is -2.45. The van der Waals surface area contributed by atoms with Gasteiger partial charge in [-0.3, -0.25) is 4.79 Å². The summed E-state index contributed by atoms with van der Waals surface area (Å²) in [6.45, 7) is 5.51. The fraction of sp³-hybridized carbons (Fsp3) is 0.889. The van der Waals surface area contributed by atoms with Crippen molar-refractivity contribution in [2.75, 3.05) is 12.8 Å². The molecule has 0 aromatic carbocycles. The van der Waals surface area contributed by atoms with Gasteiger partial charge < -0.3 is 5.11 Å². The normalized spacial score (nSPS) is 13.1. The maximum Gasteiger partial charge on any atom is 0.304 e. The highest BCUT2D eigenvalue weighted by Gasteiger charge is 2.31. The summed E-state index contributed by atoms with van der Waals surface area (Å²) in [5, 5.41) is 8.44. The summed E-state index contributed by atoms with van der Waals surface area (Å²) in [6, 6.07) is 0. The lowest BCUT2D eigenvalue weighted by molar-refractivity contribution is -0.136. The van der Waals surface area contributed by atoms with Crippen molar-refractivity contribution in [1.29, 1.82) is 0 Å². The minimum atomic E-state index is -3.47. The molecular weight excluding hydrogens is 218 g/mol.